The van der Waals surface area contributed by atoms with E-state index in [0.29, 0.717) is 25.3 Å². The Morgan fingerprint density at radius 3 is 2.75 bits per heavy atom. The largest absolute Gasteiger partial charge is 0.490 e. The second-order valence-electron chi connectivity index (χ2n) is 9.23. The lowest BCUT2D eigenvalue weighted by molar-refractivity contribution is -0.0678. The summed E-state index contributed by atoms with van der Waals surface area (Å²) in [5.41, 5.74) is 0.364. The maximum Gasteiger partial charge on any atom is 0.204 e. The number of aliphatic hydroxyl groups is 1. The van der Waals surface area contributed by atoms with Crippen molar-refractivity contribution in [2.75, 3.05) is 19.8 Å². The van der Waals surface area contributed by atoms with Crippen molar-refractivity contribution in [2.45, 2.75) is 56.4 Å². The van der Waals surface area contributed by atoms with Crippen molar-refractivity contribution < 1.29 is 19.3 Å². The SMILES string of the molecule is CCOc1cccc2c1OC(CN1C3CC[C@H]1CC(O)(c1csc4ccccc14)C3)CO2. The molecule has 2 fully saturated rings. The number of thiophene rings is 1. The molecule has 1 aromatic heterocycles. The number of hydrogen-bond donors (Lipinski definition) is 1. The van der Waals surface area contributed by atoms with Crippen molar-refractivity contribution in [1.29, 1.82) is 0 Å². The van der Waals surface area contributed by atoms with Crippen LogP contribution in [0.3, 0.4) is 0 Å². The summed E-state index contributed by atoms with van der Waals surface area (Å²) in [6, 6.07) is 15.0. The summed E-state index contributed by atoms with van der Waals surface area (Å²) in [5.74, 6) is 2.22. The molecular weight excluding hydrogens is 422 g/mol. The van der Waals surface area contributed by atoms with Crippen LogP contribution in [0.15, 0.2) is 47.8 Å². The summed E-state index contributed by atoms with van der Waals surface area (Å²) >= 11 is 1.74. The number of hydrogen-bond acceptors (Lipinski definition) is 6. The number of benzene rings is 2. The molecule has 0 radical (unpaired) electrons. The van der Waals surface area contributed by atoms with Gasteiger partial charge in [0.1, 0.15) is 12.7 Å². The van der Waals surface area contributed by atoms with E-state index in [9.17, 15) is 5.11 Å². The Bertz CT molecular complexity index is 1110. The molecule has 4 atom stereocenters. The van der Waals surface area contributed by atoms with Crippen LogP contribution >= 0.6 is 11.3 Å². The quantitative estimate of drug-likeness (QED) is 0.595. The van der Waals surface area contributed by atoms with Crippen molar-refractivity contribution >= 4 is 21.4 Å². The predicted octanol–water partition coefficient (Wildman–Crippen LogP) is 4.95. The molecule has 2 saturated heterocycles. The van der Waals surface area contributed by atoms with Crippen LogP contribution in [0.5, 0.6) is 17.2 Å². The molecule has 0 spiro atoms. The Balaban J connectivity index is 1.20. The van der Waals surface area contributed by atoms with Gasteiger partial charge in [0.25, 0.3) is 0 Å². The summed E-state index contributed by atoms with van der Waals surface area (Å²) in [4.78, 5) is 2.56. The molecule has 4 heterocycles. The van der Waals surface area contributed by atoms with Gasteiger partial charge in [0.2, 0.25) is 5.75 Å². The summed E-state index contributed by atoms with van der Waals surface area (Å²) in [6.45, 7) is 3.92. The Hall–Kier alpha value is -2.28. The van der Waals surface area contributed by atoms with Crippen LogP contribution < -0.4 is 14.2 Å². The van der Waals surface area contributed by atoms with Gasteiger partial charge in [-0.3, -0.25) is 4.90 Å². The third-order valence-electron chi connectivity index (χ3n) is 7.27. The van der Waals surface area contributed by atoms with E-state index in [1.165, 1.54) is 10.1 Å². The van der Waals surface area contributed by atoms with Gasteiger partial charge in [-0.2, -0.15) is 0 Å². The molecule has 1 N–H and O–H groups in total. The molecule has 2 aromatic carbocycles. The molecule has 6 heteroatoms. The third-order valence-corrected chi connectivity index (χ3v) is 8.23. The predicted molar refractivity (Wildman–Crippen MR) is 126 cm³/mol. The lowest BCUT2D eigenvalue weighted by Crippen LogP contribution is -2.53. The zero-order valence-electron chi connectivity index (χ0n) is 18.3. The van der Waals surface area contributed by atoms with E-state index in [2.05, 4.69) is 34.5 Å². The van der Waals surface area contributed by atoms with Gasteiger partial charge in [0, 0.05) is 28.9 Å². The van der Waals surface area contributed by atoms with Crippen LogP contribution in [0.4, 0.5) is 0 Å². The molecule has 3 unspecified atom stereocenters. The van der Waals surface area contributed by atoms with E-state index in [-0.39, 0.29) is 6.10 Å². The van der Waals surface area contributed by atoms with Crippen LogP contribution in [0.2, 0.25) is 0 Å². The van der Waals surface area contributed by atoms with Crippen molar-refractivity contribution in [1.82, 2.24) is 4.90 Å². The Kier molecular flexibility index (Phi) is 5.05. The van der Waals surface area contributed by atoms with E-state index < -0.39 is 5.60 Å². The zero-order chi connectivity index (χ0) is 21.7. The fourth-order valence-corrected chi connectivity index (χ4v) is 6.93. The smallest absolute Gasteiger partial charge is 0.204 e. The number of nitrogens with zero attached hydrogens (tertiary/aromatic N) is 1. The van der Waals surface area contributed by atoms with Crippen LogP contribution in [0.1, 0.15) is 38.2 Å². The van der Waals surface area contributed by atoms with Crippen molar-refractivity contribution in [3.8, 4) is 17.2 Å². The normalized spacial score (nSPS) is 29.4. The minimum absolute atomic E-state index is 0.0413. The maximum atomic E-state index is 11.8. The fourth-order valence-electron chi connectivity index (χ4n) is 5.88. The highest BCUT2D eigenvalue weighted by Gasteiger charge is 2.49. The standard InChI is InChI=1S/C26H29NO4S/c1-2-29-22-7-5-8-23-25(22)31-19(15-30-23)14-27-17-10-11-18(27)13-26(28,12-17)21-16-32-24-9-4-3-6-20(21)24/h3-9,16-19,28H,2,10-15H2,1H3/t17-,18?,19?,26?/m0/s1. The number of piperidine rings is 1. The molecule has 3 aliphatic heterocycles. The van der Waals surface area contributed by atoms with Crippen LogP contribution in [0, 0.1) is 0 Å². The van der Waals surface area contributed by atoms with Crippen molar-refractivity contribution in [2.24, 2.45) is 0 Å². The van der Waals surface area contributed by atoms with E-state index >= 15 is 0 Å². The van der Waals surface area contributed by atoms with Gasteiger partial charge >= 0.3 is 0 Å². The molecule has 0 amide bonds. The molecule has 3 aromatic rings. The lowest BCUT2D eigenvalue weighted by atomic mass is 9.80. The number of rotatable bonds is 5. The van der Waals surface area contributed by atoms with E-state index in [1.54, 1.807) is 11.3 Å². The highest BCUT2D eigenvalue weighted by molar-refractivity contribution is 7.17. The number of fused-ring (bicyclic) bond motifs is 4. The fraction of sp³-hybridized carbons (Fsp3) is 0.462. The Labute approximate surface area is 192 Å². The molecule has 0 saturated carbocycles. The molecule has 0 aliphatic carbocycles. The molecule has 6 rings (SSSR count). The summed E-state index contributed by atoms with van der Waals surface area (Å²) in [5, 5.41) is 15.1. The van der Waals surface area contributed by atoms with Crippen LogP contribution in [-0.4, -0.2) is 48.0 Å². The molecule has 2 bridgehead atoms. The minimum atomic E-state index is -0.749. The van der Waals surface area contributed by atoms with E-state index in [1.807, 2.05) is 25.1 Å². The third kappa shape index (κ3) is 3.36. The van der Waals surface area contributed by atoms with Gasteiger partial charge in [-0.1, -0.05) is 24.3 Å². The second kappa shape index (κ2) is 7.94. The summed E-state index contributed by atoms with van der Waals surface area (Å²) in [7, 11) is 0. The van der Waals surface area contributed by atoms with Gasteiger partial charge in [-0.25, -0.2) is 0 Å². The summed E-state index contributed by atoms with van der Waals surface area (Å²) in [6.07, 6.45) is 3.77. The van der Waals surface area contributed by atoms with Crippen molar-refractivity contribution in [3.05, 3.63) is 53.4 Å². The lowest BCUT2D eigenvalue weighted by Gasteiger charge is -2.45. The number of ether oxygens (including phenoxy) is 3. The molecule has 5 nitrogen and oxygen atoms in total. The van der Waals surface area contributed by atoms with E-state index in [0.717, 1.165) is 55.0 Å². The minimum Gasteiger partial charge on any atom is -0.490 e. The molecule has 168 valence electrons. The molecule has 32 heavy (non-hydrogen) atoms. The average Bonchev–Trinajstić information content (AvgIpc) is 3.34. The van der Waals surface area contributed by atoms with Gasteiger partial charge in [0.05, 0.1) is 12.2 Å². The number of para-hydroxylation sites is 1. The highest BCUT2D eigenvalue weighted by Crippen LogP contribution is 2.49. The maximum absolute atomic E-state index is 11.8. The first kappa shape index (κ1) is 20.3. The second-order valence-corrected chi connectivity index (χ2v) is 10.1. The molecule has 3 aliphatic rings. The van der Waals surface area contributed by atoms with Gasteiger partial charge in [-0.15, -0.1) is 11.3 Å². The summed E-state index contributed by atoms with van der Waals surface area (Å²) < 4.78 is 19.4. The Morgan fingerprint density at radius 2 is 1.94 bits per heavy atom. The van der Waals surface area contributed by atoms with Crippen LogP contribution in [-0.2, 0) is 5.60 Å². The van der Waals surface area contributed by atoms with Gasteiger partial charge < -0.3 is 19.3 Å². The zero-order valence-corrected chi connectivity index (χ0v) is 19.1. The molecular formula is C26H29NO4S. The first-order valence-corrected chi connectivity index (χ1v) is 12.5. The topological polar surface area (TPSA) is 51.2 Å². The first-order chi connectivity index (χ1) is 15.6. The Morgan fingerprint density at radius 1 is 1.12 bits per heavy atom. The monoisotopic (exact) mass is 451 g/mol. The van der Waals surface area contributed by atoms with E-state index in [4.69, 9.17) is 14.2 Å². The van der Waals surface area contributed by atoms with Crippen LogP contribution in [0.25, 0.3) is 10.1 Å². The van der Waals surface area contributed by atoms with Crippen molar-refractivity contribution in [3.63, 3.8) is 0 Å². The average molecular weight is 452 g/mol. The van der Waals surface area contributed by atoms with Gasteiger partial charge in [0.15, 0.2) is 11.5 Å². The first-order valence-electron chi connectivity index (χ1n) is 11.6. The van der Waals surface area contributed by atoms with Gasteiger partial charge in [-0.05, 0) is 61.6 Å². The highest BCUT2D eigenvalue weighted by atomic mass is 32.1.